The first-order valence-corrected chi connectivity index (χ1v) is 5.69. The Labute approximate surface area is 105 Å². The maximum atomic E-state index is 11.2. The molecule has 1 rings (SSSR count). The van der Waals surface area contributed by atoms with E-state index < -0.39 is 10.9 Å². The Morgan fingerprint density at radius 1 is 1.39 bits per heavy atom. The average molecular weight is 249 g/mol. The van der Waals surface area contributed by atoms with Gasteiger partial charge in [0.2, 0.25) is 0 Å². The molecule has 0 saturated heterocycles. The van der Waals surface area contributed by atoms with Crippen LogP contribution in [-0.2, 0) is 16.0 Å². The molecule has 5 heteroatoms. The van der Waals surface area contributed by atoms with Crippen molar-refractivity contribution in [3.63, 3.8) is 0 Å². The van der Waals surface area contributed by atoms with E-state index in [-0.39, 0.29) is 18.7 Å². The second-order valence-electron chi connectivity index (χ2n) is 3.63. The smallest absolute Gasteiger partial charge is 0.337 e. The molecule has 96 valence electrons. The zero-order valence-corrected chi connectivity index (χ0v) is 10.2. The number of ether oxygens (including phenoxy) is 1. The molecule has 0 aromatic heterocycles. The predicted octanol–water partition coefficient (Wildman–Crippen LogP) is 2.34. The lowest BCUT2D eigenvalue weighted by Crippen LogP contribution is -2.07. The van der Waals surface area contributed by atoms with Crippen molar-refractivity contribution in [3.8, 4) is 0 Å². The second-order valence-corrected chi connectivity index (χ2v) is 3.63. The standard InChI is InChI=1S/C13H15NO4/c1-2-18-13(15)10-12(14(16)17)9-8-11-6-4-3-5-7-11/h3-7,10H,2,8-9H2,1H3/b12-10-. The van der Waals surface area contributed by atoms with Crippen LogP contribution in [0, 0.1) is 10.1 Å². The molecule has 5 nitrogen and oxygen atoms in total. The van der Waals surface area contributed by atoms with Crippen molar-refractivity contribution in [2.45, 2.75) is 19.8 Å². The lowest BCUT2D eigenvalue weighted by Gasteiger charge is -2.00. The zero-order valence-electron chi connectivity index (χ0n) is 10.2. The van der Waals surface area contributed by atoms with Gasteiger partial charge in [0.05, 0.1) is 17.6 Å². The first-order chi connectivity index (χ1) is 8.63. The van der Waals surface area contributed by atoms with E-state index in [4.69, 9.17) is 0 Å². The molecule has 1 aromatic rings. The minimum Gasteiger partial charge on any atom is -0.463 e. The molecule has 0 aliphatic carbocycles. The van der Waals surface area contributed by atoms with Gasteiger partial charge in [0.15, 0.2) is 0 Å². The van der Waals surface area contributed by atoms with Gasteiger partial charge in [0.25, 0.3) is 5.70 Å². The Balaban J connectivity index is 2.64. The SMILES string of the molecule is CCOC(=O)/C=C(/CCc1ccccc1)[N+](=O)[O-]. The molecule has 0 spiro atoms. The van der Waals surface area contributed by atoms with E-state index in [1.165, 1.54) is 0 Å². The Morgan fingerprint density at radius 2 is 2.06 bits per heavy atom. The van der Waals surface area contributed by atoms with E-state index in [1.54, 1.807) is 6.92 Å². The van der Waals surface area contributed by atoms with Crippen molar-refractivity contribution >= 4 is 5.97 Å². The first-order valence-electron chi connectivity index (χ1n) is 5.69. The number of carbonyl (C=O) groups excluding carboxylic acids is 1. The number of aryl methyl sites for hydroxylation is 1. The first kappa shape index (κ1) is 13.9. The average Bonchev–Trinajstić information content (AvgIpc) is 2.35. The zero-order chi connectivity index (χ0) is 13.4. The molecule has 1 aromatic carbocycles. The van der Waals surface area contributed by atoms with E-state index in [2.05, 4.69) is 4.74 Å². The Morgan fingerprint density at radius 3 is 2.61 bits per heavy atom. The van der Waals surface area contributed by atoms with Gasteiger partial charge in [-0.05, 0) is 18.9 Å². The monoisotopic (exact) mass is 249 g/mol. The van der Waals surface area contributed by atoms with E-state index in [9.17, 15) is 14.9 Å². The maximum absolute atomic E-state index is 11.2. The molecule has 18 heavy (non-hydrogen) atoms. The van der Waals surface area contributed by atoms with Gasteiger partial charge >= 0.3 is 5.97 Å². The third-order valence-corrected chi connectivity index (χ3v) is 2.32. The fourth-order valence-electron chi connectivity index (χ4n) is 1.45. The summed E-state index contributed by atoms with van der Waals surface area (Å²) in [6, 6.07) is 9.41. The quantitative estimate of drug-likeness (QED) is 0.336. The highest BCUT2D eigenvalue weighted by Crippen LogP contribution is 2.10. The van der Waals surface area contributed by atoms with Gasteiger partial charge in [-0.1, -0.05) is 30.3 Å². The number of hydrogen-bond acceptors (Lipinski definition) is 4. The summed E-state index contributed by atoms with van der Waals surface area (Å²) < 4.78 is 4.65. The summed E-state index contributed by atoms with van der Waals surface area (Å²) in [4.78, 5) is 21.4. The highest BCUT2D eigenvalue weighted by atomic mass is 16.6. The number of allylic oxidation sites excluding steroid dienone is 1. The maximum Gasteiger partial charge on any atom is 0.337 e. The third kappa shape index (κ3) is 4.78. The number of benzene rings is 1. The molecular formula is C13H15NO4. The summed E-state index contributed by atoms with van der Waals surface area (Å²) in [6.45, 7) is 1.86. The molecule has 0 aliphatic heterocycles. The van der Waals surface area contributed by atoms with Crippen LogP contribution in [0.15, 0.2) is 42.1 Å². The van der Waals surface area contributed by atoms with Crippen molar-refractivity contribution in [1.29, 1.82) is 0 Å². The highest BCUT2D eigenvalue weighted by molar-refractivity contribution is 5.82. The second kappa shape index (κ2) is 7.21. The Hall–Kier alpha value is -2.17. The summed E-state index contributed by atoms with van der Waals surface area (Å²) in [6.07, 6.45) is 1.68. The molecule has 0 amide bonds. The van der Waals surface area contributed by atoms with Crippen LogP contribution in [0.3, 0.4) is 0 Å². The van der Waals surface area contributed by atoms with E-state index >= 15 is 0 Å². The Kier molecular flexibility index (Phi) is 5.57. The van der Waals surface area contributed by atoms with Crippen LogP contribution in [0.1, 0.15) is 18.9 Å². The van der Waals surface area contributed by atoms with E-state index in [0.717, 1.165) is 11.6 Å². The minimum atomic E-state index is -0.669. The van der Waals surface area contributed by atoms with Crippen LogP contribution in [0.5, 0.6) is 0 Å². The number of carbonyl (C=O) groups is 1. The summed E-state index contributed by atoms with van der Waals surface area (Å²) in [5.41, 5.74) is 0.867. The molecule has 0 aliphatic rings. The summed E-state index contributed by atoms with van der Waals surface area (Å²) in [5, 5.41) is 10.8. The molecule has 0 unspecified atom stereocenters. The van der Waals surface area contributed by atoms with Crippen molar-refractivity contribution in [2.75, 3.05) is 6.61 Å². The van der Waals surface area contributed by atoms with Crippen molar-refractivity contribution in [2.24, 2.45) is 0 Å². The van der Waals surface area contributed by atoms with Gasteiger partial charge in [0.1, 0.15) is 0 Å². The van der Waals surface area contributed by atoms with Crippen LogP contribution in [0.25, 0.3) is 0 Å². The van der Waals surface area contributed by atoms with Crippen molar-refractivity contribution in [1.82, 2.24) is 0 Å². The summed E-state index contributed by atoms with van der Waals surface area (Å²) >= 11 is 0. The van der Waals surface area contributed by atoms with Gasteiger partial charge in [-0.25, -0.2) is 4.79 Å². The molecular weight excluding hydrogens is 234 g/mol. The van der Waals surface area contributed by atoms with Crippen LogP contribution < -0.4 is 0 Å². The number of esters is 1. The van der Waals surface area contributed by atoms with Gasteiger partial charge in [-0.2, -0.15) is 0 Å². The highest BCUT2D eigenvalue weighted by Gasteiger charge is 2.13. The van der Waals surface area contributed by atoms with Crippen molar-refractivity contribution < 1.29 is 14.5 Å². The lowest BCUT2D eigenvalue weighted by atomic mass is 10.1. The number of hydrogen-bond donors (Lipinski definition) is 0. The van der Waals surface area contributed by atoms with Gasteiger partial charge in [0, 0.05) is 6.42 Å². The largest absolute Gasteiger partial charge is 0.463 e. The third-order valence-electron chi connectivity index (χ3n) is 2.32. The number of rotatable bonds is 6. The minimum absolute atomic E-state index is 0.127. The summed E-state index contributed by atoms with van der Waals surface area (Å²) in [5.74, 6) is -0.669. The van der Waals surface area contributed by atoms with Gasteiger partial charge in [-0.3, -0.25) is 10.1 Å². The molecule has 0 heterocycles. The van der Waals surface area contributed by atoms with Crippen molar-refractivity contribution in [3.05, 3.63) is 57.8 Å². The number of nitrogens with zero attached hydrogens (tertiary/aromatic N) is 1. The van der Waals surface area contributed by atoms with E-state index in [1.807, 2.05) is 30.3 Å². The molecule has 0 atom stereocenters. The van der Waals surface area contributed by atoms with Gasteiger partial charge < -0.3 is 4.74 Å². The Bertz CT molecular complexity index is 440. The topological polar surface area (TPSA) is 69.4 Å². The predicted molar refractivity (Wildman–Crippen MR) is 66.5 cm³/mol. The van der Waals surface area contributed by atoms with Crippen LogP contribution >= 0.6 is 0 Å². The van der Waals surface area contributed by atoms with Crippen LogP contribution in [0.4, 0.5) is 0 Å². The fraction of sp³-hybridized carbons (Fsp3) is 0.308. The fourth-order valence-corrected chi connectivity index (χ4v) is 1.45. The molecule has 0 bridgehead atoms. The van der Waals surface area contributed by atoms with Crippen LogP contribution in [-0.4, -0.2) is 17.5 Å². The molecule has 0 saturated carbocycles. The normalized spacial score (nSPS) is 11.1. The molecule has 0 radical (unpaired) electrons. The van der Waals surface area contributed by atoms with E-state index in [0.29, 0.717) is 6.42 Å². The summed E-state index contributed by atoms with van der Waals surface area (Å²) in [7, 11) is 0. The van der Waals surface area contributed by atoms with Gasteiger partial charge in [-0.15, -0.1) is 0 Å². The lowest BCUT2D eigenvalue weighted by molar-refractivity contribution is -0.427. The molecule has 0 fully saturated rings. The van der Waals surface area contributed by atoms with Crippen LogP contribution in [0.2, 0.25) is 0 Å². The number of nitro groups is 1. The molecule has 0 N–H and O–H groups in total.